The Kier molecular flexibility index (Phi) is 4.49. The van der Waals surface area contributed by atoms with Crippen LogP contribution in [0.15, 0.2) is 48.1 Å². The maximum atomic E-state index is 13.1. The Morgan fingerprint density at radius 3 is 2.81 bits per heavy atom. The summed E-state index contributed by atoms with van der Waals surface area (Å²) in [5.41, 5.74) is 2.47. The lowest BCUT2D eigenvalue weighted by atomic mass is 9.97. The van der Waals surface area contributed by atoms with Gasteiger partial charge in [-0.1, -0.05) is 6.92 Å². The SMILES string of the molecule is CCC1c2ccsc2CCN1C(=O)c1cnn(-c2ccc([N+](=O)[O-])cc2)c1. The number of non-ortho nitro benzene ring substituents is 1. The number of aromatic nitrogens is 2. The van der Waals surface area contributed by atoms with Gasteiger partial charge in [0.1, 0.15) is 0 Å². The van der Waals surface area contributed by atoms with E-state index in [-0.39, 0.29) is 17.6 Å². The lowest BCUT2D eigenvalue weighted by molar-refractivity contribution is -0.384. The summed E-state index contributed by atoms with van der Waals surface area (Å²) >= 11 is 1.76. The van der Waals surface area contributed by atoms with E-state index >= 15 is 0 Å². The van der Waals surface area contributed by atoms with E-state index in [9.17, 15) is 14.9 Å². The Hall–Kier alpha value is -3.00. The van der Waals surface area contributed by atoms with Crippen molar-refractivity contribution in [2.45, 2.75) is 25.8 Å². The molecule has 0 spiro atoms. The minimum Gasteiger partial charge on any atom is -0.331 e. The third-order valence-corrected chi connectivity index (χ3v) is 5.89. The van der Waals surface area contributed by atoms with Crippen molar-refractivity contribution in [1.29, 1.82) is 0 Å². The zero-order valence-corrected chi connectivity index (χ0v) is 15.6. The normalized spacial score (nSPS) is 16.2. The number of rotatable bonds is 4. The predicted octanol–water partition coefficient (Wildman–Crippen LogP) is 3.99. The molecular weight excluding hydrogens is 364 g/mol. The van der Waals surface area contributed by atoms with Crippen molar-refractivity contribution in [2.75, 3.05) is 6.54 Å². The van der Waals surface area contributed by atoms with Gasteiger partial charge in [0.2, 0.25) is 0 Å². The number of hydrogen-bond donors (Lipinski definition) is 0. The zero-order valence-electron chi connectivity index (χ0n) is 14.7. The molecule has 2 aromatic heterocycles. The standard InChI is InChI=1S/C19H18N4O3S/c1-2-17-16-8-10-27-18(16)7-9-21(17)19(24)13-11-20-22(12-13)14-3-5-15(6-4-14)23(25)26/h3-6,8,10-12,17H,2,7,9H2,1H3. The minimum absolute atomic E-state index is 0.0212. The largest absolute Gasteiger partial charge is 0.331 e. The molecule has 8 heteroatoms. The first-order valence-corrected chi connectivity index (χ1v) is 9.63. The highest BCUT2D eigenvalue weighted by Gasteiger charge is 2.31. The molecule has 1 atom stereocenters. The van der Waals surface area contributed by atoms with Crippen LogP contribution in [-0.4, -0.2) is 32.1 Å². The maximum absolute atomic E-state index is 13.1. The third-order valence-electron chi connectivity index (χ3n) is 4.90. The average Bonchev–Trinajstić information content (AvgIpc) is 3.36. The van der Waals surface area contributed by atoms with Crippen molar-refractivity contribution in [3.05, 3.63) is 74.2 Å². The van der Waals surface area contributed by atoms with Crippen LogP contribution in [0.2, 0.25) is 0 Å². The topological polar surface area (TPSA) is 81.3 Å². The summed E-state index contributed by atoms with van der Waals surface area (Å²) in [5.74, 6) is -0.0353. The second-order valence-corrected chi connectivity index (χ2v) is 7.42. The fraction of sp³-hybridized carbons (Fsp3) is 0.263. The molecule has 27 heavy (non-hydrogen) atoms. The molecule has 4 rings (SSSR count). The second kappa shape index (κ2) is 6.96. The molecule has 0 saturated carbocycles. The van der Waals surface area contributed by atoms with Crippen LogP contribution in [0.1, 0.15) is 40.2 Å². The quantitative estimate of drug-likeness (QED) is 0.505. The van der Waals surface area contributed by atoms with Gasteiger partial charge in [-0.3, -0.25) is 14.9 Å². The van der Waals surface area contributed by atoms with Gasteiger partial charge in [-0.25, -0.2) is 4.68 Å². The van der Waals surface area contributed by atoms with Crippen LogP contribution in [0, 0.1) is 10.1 Å². The lowest BCUT2D eigenvalue weighted by Crippen LogP contribution is -2.39. The Labute approximate surface area is 160 Å². The van der Waals surface area contributed by atoms with Gasteiger partial charge < -0.3 is 4.90 Å². The van der Waals surface area contributed by atoms with Crippen LogP contribution < -0.4 is 0 Å². The summed E-state index contributed by atoms with van der Waals surface area (Å²) in [4.78, 5) is 26.7. The smallest absolute Gasteiger partial charge is 0.269 e. The zero-order chi connectivity index (χ0) is 19.0. The van der Waals surface area contributed by atoms with Gasteiger partial charge >= 0.3 is 0 Å². The molecule has 3 heterocycles. The monoisotopic (exact) mass is 382 g/mol. The number of carbonyl (C=O) groups excluding carboxylic acids is 1. The van der Waals surface area contributed by atoms with Crippen LogP contribution in [0.5, 0.6) is 0 Å². The van der Waals surface area contributed by atoms with E-state index in [0.29, 0.717) is 17.8 Å². The Balaban J connectivity index is 1.58. The fourth-order valence-corrected chi connectivity index (χ4v) is 4.48. The summed E-state index contributed by atoms with van der Waals surface area (Å²) < 4.78 is 1.57. The van der Waals surface area contributed by atoms with Gasteiger partial charge in [-0.15, -0.1) is 11.3 Å². The van der Waals surface area contributed by atoms with Crippen LogP contribution in [0.4, 0.5) is 5.69 Å². The van der Waals surface area contributed by atoms with Crippen molar-refractivity contribution >= 4 is 22.9 Å². The summed E-state index contributed by atoms with van der Waals surface area (Å²) in [5, 5.41) is 17.1. The Morgan fingerprint density at radius 2 is 2.11 bits per heavy atom. The van der Waals surface area contributed by atoms with E-state index in [1.807, 2.05) is 4.90 Å². The van der Waals surface area contributed by atoms with Gasteiger partial charge in [0, 0.05) is 29.8 Å². The van der Waals surface area contributed by atoms with Gasteiger partial charge in [0.05, 0.1) is 28.4 Å². The Bertz CT molecular complexity index is 993. The number of fused-ring (bicyclic) bond motifs is 1. The summed E-state index contributed by atoms with van der Waals surface area (Å²) in [7, 11) is 0. The number of benzene rings is 1. The molecule has 1 aromatic carbocycles. The number of carbonyl (C=O) groups is 1. The molecule has 1 aliphatic rings. The first-order chi connectivity index (χ1) is 13.1. The average molecular weight is 382 g/mol. The number of amides is 1. The van der Waals surface area contributed by atoms with Crippen LogP contribution in [0.25, 0.3) is 5.69 Å². The maximum Gasteiger partial charge on any atom is 0.269 e. The minimum atomic E-state index is -0.443. The third kappa shape index (κ3) is 3.12. The Morgan fingerprint density at radius 1 is 1.33 bits per heavy atom. The van der Waals surface area contributed by atoms with Crippen molar-refractivity contribution < 1.29 is 9.72 Å². The molecule has 138 valence electrons. The highest BCUT2D eigenvalue weighted by molar-refractivity contribution is 7.10. The molecule has 1 unspecified atom stereocenters. The van der Waals surface area contributed by atoms with E-state index in [1.54, 1.807) is 40.5 Å². The predicted molar refractivity (Wildman–Crippen MR) is 102 cm³/mol. The van der Waals surface area contributed by atoms with Crippen molar-refractivity contribution in [3.8, 4) is 5.69 Å². The number of nitro groups is 1. The summed E-state index contributed by atoms with van der Waals surface area (Å²) in [6.45, 7) is 2.80. The summed E-state index contributed by atoms with van der Waals surface area (Å²) in [6, 6.07) is 8.30. The molecule has 7 nitrogen and oxygen atoms in total. The highest BCUT2D eigenvalue weighted by Crippen LogP contribution is 2.36. The molecule has 0 saturated heterocycles. The van der Waals surface area contributed by atoms with E-state index in [2.05, 4.69) is 23.5 Å². The van der Waals surface area contributed by atoms with Gasteiger partial charge in [-0.2, -0.15) is 5.10 Å². The van der Waals surface area contributed by atoms with Crippen LogP contribution in [0.3, 0.4) is 0 Å². The fourth-order valence-electron chi connectivity index (χ4n) is 3.55. The molecule has 1 aliphatic heterocycles. The molecule has 3 aromatic rings. The summed E-state index contributed by atoms with van der Waals surface area (Å²) in [6.07, 6.45) is 4.98. The van der Waals surface area contributed by atoms with Gasteiger partial charge in [0.25, 0.3) is 11.6 Å². The first kappa shape index (κ1) is 17.4. The molecule has 1 amide bonds. The molecular formula is C19H18N4O3S. The molecule has 0 radical (unpaired) electrons. The number of nitrogens with zero attached hydrogens (tertiary/aromatic N) is 4. The van der Waals surface area contributed by atoms with Crippen molar-refractivity contribution in [3.63, 3.8) is 0 Å². The molecule has 0 bridgehead atoms. The van der Waals surface area contributed by atoms with E-state index in [1.165, 1.54) is 22.6 Å². The molecule has 0 aliphatic carbocycles. The number of thiophene rings is 1. The first-order valence-electron chi connectivity index (χ1n) is 8.75. The number of nitro benzene ring substituents is 1. The lowest BCUT2D eigenvalue weighted by Gasteiger charge is -2.35. The van der Waals surface area contributed by atoms with Crippen molar-refractivity contribution in [2.24, 2.45) is 0 Å². The van der Waals surface area contributed by atoms with Gasteiger partial charge in [-0.05, 0) is 42.0 Å². The number of hydrogen-bond acceptors (Lipinski definition) is 5. The van der Waals surface area contributed by atoms with Crippen LogP contribution >= 0.6 is 11.3 Å². The molecule has 0 fully saturated rings. The van der Waals surface area contributed by atoms with E-state index in [4.69, 9.17) is 0 Å². The van der Waals surface area contributed by atoms with Crippen molar-refractivity contribution in [1.82, 2.24) is 14.7 Å². The van der Waals surface area contributed by atoms with E-state index in [0.717, 1.165) is 12.8 Å². The highest BCUT2D eigenvalue weighted by atomic mass is 32.1. The molecule has 0 N–H and O–H groups in total. The second-order valence-electron chi connectivity index (χ2n) is 6.42. The van der Waals surface area contributed by atoms with Crippen LogP contribution in [-0.2, 0) is 6.42 Å². The van der Waals surface area contributed by atoms with Gasteiger partial charge in [0.15, 0.2) is 0 Å². The van der Waals surface area contributed by atoms with E-state index < -0.39 is 4.92 Å².